The fourth-order valence-corrected chi connectivity index (χ4v) is 2.70. The van der Waals surface area contributed by atoms with Crippen LogP contribution in [0.1, 0.15) is 35.7 Å². The maximum absolute atomic E-state index is 11.9. The number of rotatable bonds is 6. The molecule has 1 aromatic carbocycles. The van der Waals surface area contributed by atoms with Gasteiger partial charge in [-0.05, 0) is 25.0 Å². The van der Waals surface area contributed by atoms with Crippen molar-refractivity contribution in [2.75, 3.05) is 11.5 Å². The van der Waals surface area contributed by atoms with Crippen LogP contribution in [-0.2, 0) is 9.84 Å². The van der Waals surface area contributed by atoms with Crippen LogP contribution in [0, 0.1) is 6.92 Å². The first-order valence-electron chi connectivity index (χ1n) is 5.86. The van der Waals surface area contributed by atoms with Gasteiger partial charge in [0.25, 0.3) is 0 Å². The van der Waals surface area contributed by atoms with Crippen LogP contribution < -0.4 is 0 Å². The molecule has 5 heteroatoms. The first-order valence-corrected chi connectivity index (χ1v) is 8.06. The molecule has 1 aromatic rings. The summed E-state index contributed by atoms with van der Waals surface area (Å²) in [6.07, 6.45) is 0.557. The summed E-state index contributed by atoms with van der Waals surface area (Å²) >= 11 is 6.05. The van der Waals surface area contributed by atoms with Gasteiger partial charge in [-0.3, -0.25) is 4.79 Å². The number of hydrogen-bond acceptors (Lipinski definition) is 3. The van der Waals surface area contributed by atoms with Crippen molar-refractivity contribution < 1.29 is 13.2 Å². The molecular weight excluding hydrogens is 272 g/mol. The smallest absolute Gasteiger partial charge is 0.164 e. The number of benzene rings is 1. The van der Waals surface area contributed by atoms with Crippen LogP contribution in [0.4, 0.5) is 0 Å². The van der Waals surface area contributed by atoms with Gasteiger partial charge in [-0.15, -0.1) is 0 Å². The Morgan fingerprint density at radius 1 is 1.33 bits per heavy atom. The van der Waals surface area contributed by atoms with Gasteiger partial charge in [-0.25, -0.2) is 8.42 Å². The number of carbonyl (C=O) groups excluding carboxylic acids is 1. The van der Waals surface area contributed by atoms with Crippen LogP contribution in [0.3, 0.4) is 0 Å². The molecule has 0 fully saturated rings. The zero-order valence-electron chi connectivity index (χ0n) is 10.6. The molecule has 0 aromatic heterocycles. The molecule has 0 saturated heterocycles. The highest BCUT2D eigenvalue weighted by Crippen LogP contribution is 2.22. The Kier molecular flexibility index (Phi) is 5.35. The monoisotopic (exact) mass is 288 g/mol. The SMILES string of the molecule is CCS(=O)(=O)CCCC(=O)c1cccc(C)c1Cl. The zero-order chi connectivity index (χ0) is 13.8. The Balaban J connectivity index is 2.64. The molecule has 18 heavy (non-hydrogen) atoms. The summed E-state index contributed by atoms with van der Waals surface area (Å²) < 4.78 is 22.6. The second kappa shape index (κ2) is 6.34. The van der Waals surface area contributed by atoms with E-state index in [0.29, 0.717) is 17.0 Å². The van der Waals surface area contributed by atoms with Crippen LogP contribution in [0.5, 0.6) is 0 Å². The number of hydrogen-bond donors (Lipinski definition) is 0. The molecule has 0 heterocycles. The fourth-order valence-electron chi connectivity index (χ4n) is 1.59. The molecule has 0 unspecified atom stereocenters. The van der Waals surface area contributed by atoms with Gasteiger partial charge in [0, 0.05) is 17.7 Å². The van der Waals surface area contributed by atoms with Crippen molar-refractivity contribution in [1.29, 1.82) is 0 Å². The highest BCUT2D eigenvalue weighted by atomic mass is 35.5. The molecular formula is C13H17ClO3S. The van der Waals surface area contributed by atoms with Crippen LogP contribution >= 0.6 is 11.6 Å². The molecule has 0 N–H and O–H groups in total. The van der Waals surface area contributed by atoms with Crippen molar-refractivity contribution >= 4 is 27.2 Å². The molecule has 0 amide bonds. The van der Waals surface area contributed by atoms with Crippen LogP contribution in [0.2, 0.25) is 5.02 Å². The Labute approximate surface area is 113 Å². The fraction of sp³-hybridized carbons (Fsp3) is 0.462. The van der Waals surface area contributed by atoms with Gasteiger partial charge in [0.05, 0.1) is 10.8 Å². The summed E-state index contributed by atoms with van der Waals surface area (Å²) in [5, 5.41) is 0.459. The number of carbonyl (C=O) groups is 1. The Bertz CT molecular complexity index is 535. The molecule has 0 spiro atoms. The van der Waals surface area contributed by atoms with Gasteiger partial charge in [-0.1, -0.05) is 30.7 Å². The second-order valence-corrected chi connectivity index (χ2v) is 7.05. The minimum absolute atomic E-state index is 0.0542. The van der Waals surface area contributed by atoms with E-state index < -0.39 is 9.84 Å². The first kappa shape index (κ1) is 15.2. The van der Waals surface area contributed by atoms with Gasteiger partial charge >= 0.3 is 0 Å². The topological polar surface area (TPSA) is 51.2 Å². The molecule has 0 saturated carbocycles. The maximum atomic E-state index is 11.9. The van der Waals surface area contributed by atoms with Crippen molar-refractivity contribution in [1.82, 2.24) is 0 Å². The Hall–Kier alpha value is -0.870. The van der Waals surface area contributed by atoms with E-state index in [1.54, 1.807) is 19.1 Å². The largest absolute Gasteiger partial charge is 0.294 e. The summed E-state index contributed by atoms with van der Waals surface area (Å²) in [5.41, 5.74) is 1.33. The van der Waals surface area contributed by atoms with Crippen LogP contribution in [0.25, 0.3) is 0 Å². The third-order valence-electron chi connectivity index (χ3n) is 2.79. The summed E-state index contributed by atoms with van der Waals surface area (Å²) in [7, 11) is -3.00. The molecule has 0 atom stereocenters. The highest BCUT2D eigenvalue weighted by molar-refractivity contribution is 7.91. The van der Waals surface area contributed by atoms with E-state index in [1.165, 1.54) is 0 Å². The minimum Gasteiger partial charge on any atom is -0.294 e. The lowest BCUT2D eigenvalue weighted by atomic mass is 10.0. The molecule has 1 rings (SSSR count). The van der Waals surface area contributed by atoms with Crippen molar-refractivity contribution in [3.05, 3.63) is 34.3 Å². The van der Waals surface area contributed by atoms with Gasteiger partial charge in [0.2, 0.25) is 0 Å². The van der Waals surface area contributed by atoms with E-state index in [2.05, 4.69) is 0 Å². The quantitative estimate of drug-likeness (QED) is 0.756. The number of sulfone groups is 1. The molecule has 0 aliphatic rings. The predicted molar refractivity (Wildman–Crippen MR) is 74.1 cm³/mol. The van der Waals surface area contributed by atoms with E-state index >= 15 is 0 Å². The minimum atomic E-state index is -3.00. The summed E-state index contributed by atoms with van der Waals surface area (Å²) in [6.45, 7) is 3.44. The van der Waals surface area contributed by atoms with Gasteiger partial charge in [0.1, 0.15) is 9.84 Å². The van der Waals surface area contributed by atoms with Crippen LogP contribution in [0.15, 0.2) is 18.2 Å². The Morgan fingerprint density at radius 3 is 2.61 bits per heavy atom. The van der Waals surface area contributed by atoms with Crippen molar-refractivity contribution in [3.8, 4) is 0 Å². The van der Waals surface area contributed by atoms with E-state index in [0.717, 1.165) is 5.56 Å². The summed E-state index contributed by atoms with van der Waals surface area (Å²) in [6, 6.07) is 5.28. The standard InChI is InChI=1S/C13H17ClO3S/c1-3-18(16,17)9-5-8-12(15)11-7-4-6-10(2)13(11)14/h4,6-7H,3,5,8-9H2,1-2H3. The van der Waals surface area contributed by atoms with Gasteiger partial charge in [0.15, 0.2) is 5.78 Å². The van der Waals surface area contributed by atoms with Crippen molar-refractivity contribution in [3.63, 3.8) is 0 Å². The number of halogens is 1. The maximum Gasteiger partial charge on any atom is 0.164 e. The molecule has 3 nitrogen and oxygen atoms in total. The molecule has 0 bridgehead atoms. The summed E-state index contributed by atoms with van der Waals surface area (Å²) in [4.78, 5) is 11.9. The van der Waals surface area contributed by atoms with E-state index in [4.69, 9.17) is 11.6 Å². The second-order valence-electron chi connectivity index (χ2n) is 4.20. The number of Topliss-reactive ketones (excluding diaryl/α,β-unsaturated/α-hetero) is 1. The molecule has 0 aliphatic carbocycles. The first-order chi connectivity index (χ1) is 8.37. The zero-order valence-corrected chi connectivity index (χ0v) is 12.1. The lowest BCUT2D eigenvalue weighted by molar-refractivity contribution is 0.0982. The normalized spacial score (nSPS) is 11.5. The molecule has 0 radical (unpaired) electrons. The van der Waals surface area contributed by atoms with E-state index in [1.807, 2.05) is 13.0 Å². The van der Waals surface area contributed by atoms with Crippen molar-refractivity contribution in [2.45, 2.75) is 26.7 Å². The van der Waals surface area contributed by atoms with Crippen LogP contribution in [-0.4, -0.2) is 25.7 Å². The van der Waals surface area contributed by atoms with E-state index in [-0.39, 0.29) is 23.7 Å². The lowest BCUT2D eigenvalue weighted by Crippen LogP contribution is -2.10. The van der Waals surface area contributed by atoms with Gasteiger partial charge in [-0.2, -0.15) is 0 Å². The average Bonchev–Trinajstić information content (AvgIpc) is 2.32. The van der Waals surface area contributed by atoms with E-state index in [9.17, 15) is 13.2 Å². The molecule has 0 aliphatic heterocycles. The van der Waals surface area contributed by atoms with Crippen molar-refractivity contribution in [2.24, 2.45) is 0 Å². The number of ketones is 1. The third kappa shape index (κ3) is 4.10. The Morgan fingerprint density at radius 2 is 2.00 bits per heavy atom. The summed E-state index contributed by atoms with van der Waals surface area (Å²) in [5.74, 6) is 0.0698. The molecule has 100 valence electrons. The van der Waals surface area contributed by atoms with Gasteiger partial charge < -0.3 is 0 Å². The predicted octanol–water partition coefficient (Wildman–Crippen LogP) is 3.05. The third-order valence-corrected chi connectivity index (χ3v) is 5.08. The lowest BCUT2D eigenvalue weighted by Gasteiger charge is -2.06. The number of aryl methyl sites for hydroxylation is 1. The average molecular weight is 289 g/mol. The highest BCUT2D eigenvalue weighted by Gasteiger charge is 2.13.